The van der Waals surface area contributed by atoms with E-state index >= 15 is 0 Å². The van der Waals surface area contributed by atoms with Gasteiger partial charge in [0.2, 0.25) is 5.88 Å². The molecule has 0 amide bonds. The van der Waals surface area contributed by atoms with E-state index in [2.05, 4.69) is 21.3 Å². The van der Waals surface area contributed by atoms with Crippen LogP contribution in [0.25, 0.3) is 10.9 Å². The molecule has 2 aromatic heterocycles. The lowest BCUT2D eigenvalue weighted by Gasteiger charge is -2.18. The molecule has 0 spiro atoms. The largest absolute Gasteiger partial charge is 0.439 e. The average Bonchev–Trinajstić information content (AvgIpc) is 3.02. The van der Waals surface area contributed by atoms with Crippen LogP contribution in [-0.2, 0) is 12.8 Å². The first-order valence-corrected chi connectivity index (χ1v) is 7.37. The number of nitrogens with zero attached hydrogens (tertiary/aromatic N) is 3. The van der Waals surface area contributed by atoms with Gasteiger partial charge in [0, 0.05) is 17.0 Å². The number of pyridine rings is 1. The van der Waals surface area contributed by atoms with E-state index in [-0.39, 0.29) is 0 Å². The number of hydrogen-bond acceptors (Lipinski definition) is 4. The first-order chi connectivity index (χ1) is 10.8. The van der Waals surface area contributed by atoms with E-state index in [1.54, 1.807) is 6.20 Å². The fourth-order valence-electron chi connectivity index (χ4n) is 2.94. The maximum atomic E-state index is 9.16. The van der Waals surface area contributed by atoms with Crippen LogP contribution in [0.2, 0.25) is 0 Å². The van der Waals surface area contributed by atoms with Crippen molar-refractivity contribution < 1.29 is 4.74 Å². The monoisotopic (exact) mass is 290 g/mol. The Kier molecular flexibility index (Phi) is 3.01. The molecule has 0 radical (unpaired) electrons. The third-order valence-corrected chi connectivity index (χ3v) is 4.04. The fourth-order valence-corrected chi connectivity index (χ4v) is 2.94. The molecule has 0 atom stereocenters. The SMILES string of the molecule is N#Cc1cc2c(c(Oc3ccc4cn[nH]c4c3)n1)CCCC2. The van der Waals surface area contributed by atoms with Crippen LogP contribution in [0.5, 0.6) is 11.6 Å². The number of rotatable bonds is 2. The molecule has 3 aromatic rings. The Morgan fingerprint density at radius 2 is 2.09 bits per heavy atom. The Hall–Kier alpha value is -2.87. The Balaban J connectivity index is 1.76. The number of ether oxygens (including phenoxy) is 1. The number of fused-ring (bicyclic) bond motifs is 2. The van der Waals surface area contributed by atoms with E-state index < -0.39 is 0 Å². The number of aryl methyl sites for hydroxylation is 1. The Morgan fingerprint density at radius 1 is 1.18 bits per heavy atom. The highest BCUT2D eigenvalue weighted by Crippen LogP contribution is 2.32. The van der Waals surface area contributed by atoms with E-state index in [1.807, 2.05) is 24.3 Å². The van der Waals surface area contributed by atoms with E-state index in [1.165, 1.54) is 5.56 Å². The Labute approximate surface area is 127 Å². The zero-order valence-corrected chi connectivity index (χ0v) is 12.0. The summed E-state index contributed by atoms with van der Waals surface area (Å²) in [5.74, 6) is 1.26. The molecule has 0 fully saturated rings. The minimum absolute atomic E-state index is 0.415. The van der Waals surface area contributed by atoms with Crippen molar-refractivity contribution in [2.24, 2.45) is 0 Å². The first kappa shape index (κ1) is 12.8. The molecule has 1 N–H and O–H groups in total. The maximum Gasteiger partial charge on any atom is 0.223 e. The molecule has 0 unspecified atom stereocenters. The molecule has 5 nitrogen and oxygen atoms in total. The van der Waals surface area contributed by atoms with E-state index in [4.69, 9.17) is 10.00 Å². The normalized spacial score (nSPS) is 13.6. The molecular formula is C17H14N4O. The first-order valence-electron chi connectivity index (χ1n) is 7.37. The van der Waals surface area contributed by atoms with Crippen molar-refractivity contribution in [3.05, 3.63) is 47.3 Å². The lowest BCUT2D eigenvalue weighted by Crippen LogP contribution is -2.07. The minimum Gasteiger partial charge on any atom is -0.439 e. The molecule has 0 saturated heterocycles. The summed E-state index contributed by atoms with van der Waals surface area (Å²) in [7, 11) is 0. The van der Waals surface area contributed by atoms with Gasteiger partial charge in [0.05, 0.1) is 11.7 Å². The van der Waals surface area contributed by atoms with Gasteiger partial charge in [0.25, 0.3) is 0 Å². The van der Waals surface area contributed by atoms with Crippen LogP contribution in [0, 0.1) is 11.3 Å². The van der Waals surface area contributed by atoms with Crippen LogP contribution in [0.1, 0.15) is 29.7 Å². The summed E-state index contributed by atoms with van der Waals surface area (Å²) in [6, 6.07) is 9.76. The fraction of sp³-hybridized carbons (Fsp3) is 0.235. The predicted octanol–water partition coefficient (Wildman–Crippen LogP) is 3.50. The van der Waals surface area contributed by atoms with Crippen LogP contribution >= 0.6 is 0 Å². The molecule has 2 heterocycles. The minimum atomic E-state index is 0.415. The van der Waals surface area contributed by atoms with Gasteiger partial charge in [-0.2, -0.15) is 10.4 Å². The highest BCUT2D eigenvalue weighted by Gasteiger charge is 2.18. The smallest absolute Gasteiger partial charge is 0.223 e. The third kappa shape index (κ3) is 2.19. The number of nitriles is 1. The zero-order chi connectivity index (χ0) is 14.9. The van der Waals surface area contributed by atoms with Crippen molar-refractivity contribution in [1.82, 2.24) is 15.2 Å². The molecule has 5 heteroatoms. The standard InChI is InChI=1S/C17H14N4O/c18-9-13-7-11-3-1-2-4-15(11)17(20-13)22-14-6-5-12-10-19-21-16(12)8-14/h5-8,10H,1-4H2,(H,19,21). The van der Waals surface area contributed by atoms with Crippen molar-refractivity contribution in [2.75, 3.05) is 0 Å². The van der Waals surface area contributed by atoms with Gasteiger partial charge in [0.1, 0.15) is 17.5 Å². The van der Waals surface area contributed by atoms with Crippen LogP contribution in [0.3, 0.4) is 0 Å². The third-order valence-electron chi connectivity index (χ3n) is 4.04. The number of H-pyrrole nitrogens is 1. The quantitative estimate of drug-likeness (QED) is 0.783. The molecule has 1 aliphatic rings. The van der Waals surface area contributed by atoms with Crippen molar-refractivity contribution in [3.8, 4) is 17.7 Å². The molecule has 108 valence electrons. The maximum absolute atomic E-state index is 9.16. The van der Waals surface area contributed by atoms with Gasteiger partial charge < -0.3 is 4.74 Å². The summed E-state index contributed by atoms with van der Waals surface area (Å²) >= 11 is 0. The van der Waals surface area contributed by atoms with Crippen molar-refractivity contribution in [3.63, 3.8) is 0 Å². The van der Waals surface area contributed by atoms with Gasteiger partial charge in [0.15, 0.2) is 0 Å². The molecule has 4 rings (SSSR count). The highest BCUT2D eigenvalue weighted by atomic mass is 16.5. The summed E-state index contributed by atoms with van der Waals surface area (Å²) in [5, 5.41) is 17.1. The molecule has 22 heavy (non-hydrogen) atoms. The summed E-state index contributed by atoms with van der Waals surface area (Å²) in [6.45, 7) is 0. The van der Waals surface area contributed by atoms with E-state index in [9.17, 15) is 0 Å². The molecule has 0 aliphatic heterocycles. The van der Waals surface area contributed by atoms with Crippen molar-refractivity contribution >= 4 is 10.9 Å². The summed E-state index contributed by atoms with van der Waals surface area (Å²) < 4.78 is 5.99. The van der Waals surface area contributed by atoms with Gasteiger partial charge in [-0.05, 0) is 49.4 Å². The Morgan fingerprint density at radius 3 is 3.00 bits per heavy atom. The van der Waals surface area contributed by atoms with E-state index in [0.29, 0.717) is 17.3 Å². The van der Waals surface area contributed by atoms with Gasteiger partial charge in [-0.1, -0.05) is 0 Å². The second-order valence-corrected chi connectivity index (χ2v) is 5.49. The van der Waals surface area contributed by atoms with Gasteiger partial charge in [-0.15, -0.1) is 0 Å². The number of aromatic amines is 1. The van der Waals surface area contributed by atoms with Crippen LogP contribution < -0.4 is 4.74 Å². The van der Waals surface area contributed by atoms with Crippen LogP contribution in [0.15, 0.2) is 30.5 Å². The summed E-state index contributed by atoms with van der Waals surface area (Å²) in [6.07, 6.45) is 6.01. The van der Waals surface area contributed by atoms with E-state index in [0.717, 1.165) is 42.1 Å². The van der Waals surface area contributed by atoms with Crippen molar-refractivity contribution in [1.29, 1.82) is 5.26 Å². The number of aromatic nitrogens is 3. The second-order valence-electron chi connectivity index (χ2n) is 5.49. The second kappa shape index (κ2) is 5.15. The molecule has 0 saturated carbocycles. The van der Waals surface area contributed by atoms with Gasteiger partial charge >= 0.3 is 0 Å². The van der Waals surface area contributed by atoms with Crippen LogP contribution in [0.4, 0.5) is 0 Å². The van der Waals surface area contributed by atoms with Gasteiger partial charge in [-0.3, -0.25) is 5.10 Å². The number of nitrogens with one attached hydrogen (secondary N) is 1. The number of hydrogen-bond donors (Lipinski definition) is 1. The lowest BCUT2D eigenvalue weighted by atomic mass is 9.92. The molecule has 1 aromatic carbocycles. The summed E-state index contributed by atoms with van der Waals surface area (Å²) in [4.78, 5) is 4.36. The van der Waals surface area contributed by atoms with Crippen molar-refractivity contribution in [2.45, 2.75) is 25.7 Å². The lowest BCUT2D eigenvalue weighted by molar-refractivity contribution is 0.450. The molecule has 1 aliphatic carbocycles. The summed E-state index contributed by atoms with van der Waals surface area (Å²) in [5.41, 5.74) is 3.66. The topological polar surface area (TPSA) is 74.6 Å². The van der Waals surface area contributed by atoms with Crippen LogP contribution in [-0.4, -0.2) is 15.2 Å². The zero-order valence-electron chi connectivity index (χ0n) is 12.0. The number of benzene rings is 1. The molecular weight excluding hydrogens is 276 g/mol. The average molecular weight is 290 g/mol. The predicted molar refractivity (Wildman–Crippen MR) is 81.8 cm³/mol. The van der Waals surface area contributed by atoms with Gasteiger partial charge in [-0.25, -0.2) is 4.98 Å². The molecule has 0 bridgehead atoms. The Bertz CT molecular complexity index is 891. The highest BCUT2D eigenvalue weighted by molar-refractivity contribution is 5.79.